The number of nitrogens with zero attached hydrogens (tertiary/aromatic N) is 2. The summed E-state index contributed by atoms with van der Waals surface area (Å²) in [5.74, 6) is 1.17. The second kappa shape index (κ2) is 9.24. The van der Waals surface area contributed by atoms with Gasteiger partial charge in [-0.15, -0.1) is 0 Å². The smallest absolute Gasteiger partial charge is 0.132 e. The number of unbranched alkanes of at least 4 members (excludes halogenated alkanes) is 1. The van der Waals surface area contributed by atoms with Crippen LogP contribution < -0.4 is 14.8 Å². The van der Waals surface area contributed by atoms with Gasteiger partial charge < -0.3 is 19.7 Å². The van der Waals surface area contributed by atoms with Gasteiger partial charge in [-0.3, -0.25) is 5.10 Å². The van der Waals surface area contributed by atoms with Gasteiger partial charge in [0.05, 0.1) is 19.2 Å². The first-order valence-corrected chi connectivity index (χ1v) is 10.1. The van der Waals surface area contributed by atoms with Crippen LogP contribution in [-0.2, 0) is 0 Å². The SMILES string of the molecule is COc1cc(OCCCCN2CCNCC2)ccc1-c1n[nH]c2cc(F)ccc12. The number of rotatable bonds is 8. The molecule has 0 spiro atoms. The summed E-state index contributed by atoms with van der Waals surface area (Å²) in [5.41, 5.74) is 2.24. The summed E-state index contributed by atoms with van der Waals surface area (Å²) >= 11 is 0. The standard InChI is InChI=1S/C22H27FN4O2/c1-28-21-15-17(29-13-3-2-10-27-11-8-24-9-12-27)5-7-19(21)22-18-6-4-16(23)14-20(18)25-26-22/h4-7,14-15,24H,2-3,8-13H2,1H3,(H,25,26). The van der Waals surface area contributed by atoms with Gasteiger partial charge in [0.2, 0.25) is 0 Å². The number of ether oxygens (including phenoxy) is 2. The van der Waals surface area contributed by atoms with Crippen LogP contribution in [0.4, 0.5) is 4.39 Å². The van der Waals surface area contributed by atoms with E-state index in [1.54, 1.807) is 13.2 Å². The monoisotopic (exact) mass is 398 g/mol. The van der Waals surface area contributed by atoms with Gasteiger partial charge in [-0.05, 0) is 49.7 Å². The van der Waals surface area contributed by atoms with E-state index < -0.39 is 0 Å². The molecule has 7 heteroatoms. The summed E-state index contributed by atoms with van der Waals surface area (Å²) in [6, 6.07) is 10.4. The largest absolute Gasteiger partial charge is 0.496 e. The van der Waals surface area contributed by atoms with E-state index in [0.29, 0.717) is 17.9 Å². The molecular weight excluding hydrogens is 371 g/mol. The molecule has 2 heterocycles. The molecule has 0 atom stereocenters. The number of halogens is 1. The van der Waals surface area contributed by atoms with Crippen LogP contribution in [0.5, 0.6) is 11.5 Å². The number of fused-ring (bicyclic) bond motifs is 1. The van der Waals surface area contributed by atoms with Crippen molar-refractivity contribution in [3.63, 3.8) is 0 Å². The van der Waals surface area contributed by atoms with Crippen LogP contribution in [0.15, 0.2) is 36.4 Å². The van der Waals surface area contributed by atoms with Crippen molar-refractivity contribution in [2.45, 2.75) is 12.8 Å². The fourth-order valence-corrected chi connectivity index (χ4v) is 3.72. The Labute approximate surface area is 170 Å². The number of hydrogen-bond donors (Lipinski definition) is 2. The van der Waals surface area contributed by atoms with E-state index in [1.165, 1.54) is 12.1 Å². The maximum Gasteiger partial charge on any atom is 0.132 e. The van der Waals surface area contributed by atoms with Gasteiger partial charge in [0.1, 0.15) is 23.0 Å². The van der Waals surface area contributed by atoms with E-state index in [9.17, 15) is 4.39 Å². The van der Waals surface area contributed by atoms with Gasteiger partial charge in [0.15, 0.2) is 0 Å². The van der Waals surface area contributed by atoms with Crippen LogP contribution in [0, 0.1) is 5.82 Å². The average molecular weight is 398 g/mol. The maximum absolute atomic E-state index is 13.4. The molecule has 0 unspecified atom stereocenters. The third-order valence-electron chi connectivity index (χ3n) is 5.30. The summed E-state index contributed by atoms with van der Waals surface area (Å²) < 4.78 is 24.9. The lowest BCUT2D eigenvalue weighted by atomic mass is 10.1. The van der Waals surface area contributed by atoms with Crippen molar-refractivity contribution < 1.29 is 13.9 Å². The van der Waals surface area contributed by atoms with E-state index in [0.717, 1.165) is 68.0 Å². The van der Waals surface area contributed by atoms with Gasteiger partial charge in [0, 0.05) is 43.2 Å². The zero-order valence-electron chi connectivity index (χ0n) is 16.7. The Bertz CT molecular complexity index is 953. The van der Waals surface area contributed by atoms with Crippen LogP contribution in [0.2, 0.25) is 0 Å². The normalized spacial score (nSPS) is 15.0. The number of methoxy groups -OCH3 is 1. The molecule has 29 heavy (non-hydrogen) atoms. The molecule has 2 aromatic carbocycles. The minimum Gasteiger partial charge on any atom is -0.496 e. The molecule has 0 aliphatic carbocycles. The van der Waals surface area contributed by atoms with Gasteiger partial charge in [-0.2, -0.15) is 5.10 Å². The first kappa shape index (κ1) is 19.7. The molecular formula is C22H27FN4O2. The molecule has 154 valence electrons. The predicted molar refractivity (Wildman–Crippen MR) is 112 cm³/mol. The second-order valence-corrected chi connectivity index (χ2v) is 7.27. The Morgan fingerprint density at radius 3 is 2.79 bits per heavy atom. The highest BCUT2D eigenvalue weighted by Crippen LogP contribution is 2.36. The van der Waals surface area contributed by atoms with Crippen molar-refractivity contribution in [2.75, 3.05) is 46.4 Å². The van der Waals surface area contributed by atoms with Crippen molar-refractivity contribution in [2.24, 2.45) is 0 Å². The maximum atomic E-state index is 13.4. The molecule has 1 aliphatic heterocycles. The Morgan fingerprint density at radius 2 is 1.97 bits per heavy atom. The zero-order valence-corrected chi connectivity index (χ0v) is 16.7. The molecule has 4 rings (SSSR count). The lowest BCUT2D eigenvalue weighted by Gasteiger charge is -2.27. The minimum atomic E-state index is -0.291. The topological polar surface area (TPSA) is 62.4 Å². The Kier molecular flexibility index (Phi) is 6.27. The van der Waals surface area contributed by atoms with Gasteiger partial charge in [-0.1, -0.05) is 0 Å². The predicted octanol–water partition coefficient (Wildman–Crippen LogP) is 3.44. The summed E-state index contributed by atoms with van der Waals surface area (Å²) in [6.45, 7) is 6.24. The Balaban J connectivity index is 1.37. The number of aromatic nitrogens is 2. The van der Waals surface area contributed by atoms with Crippen molar-refractivity contribution >= 4 is 10.9 Å². The first-order valence-electron chi connectivity index (χ1n) is 10.1. The van der Waals surface area contributed by atoms with Crippen LogP contribution in [0.1, 0.15) is 12.8 Å². The van der Waals surface area contributed by atoms with E-state index in [4.69, 9.17) is 9.47 Å². The first-order chi connectivity index (χ1) is 14.2. The number of nitrogens with one attached hydrogen (secondary N) is 2. The van der Waals surface area contributed by atoms with Crippen LogP contribution >= 0.6 is 0 Å². The van der Waals surface area contributed by atoms with Crippen molar-refractivity contribution in [3.05, 3.63) is 42.2 Å². The highest BCUT2D eigenvalue weighted by Gasteiger charge is 2.14. The molecule has 0 radical (unpaired) electrons. The molecule has 0 amide bonds. The number of aromatic amines is 1. The minimum absolute atomic E-state index is 0.291. The number of hydrogen-bond acceptors (Lipinski definition) is 5. The zero-order chi connectivity index (χ0) is 20.1. The average Bonchev–Trinajstić information content (AvgIpc) is 3.17. The van der Waals surface area contributed by atoms with Crippen LogP contribution in [-0.4, -0.2) is 61.5 Å². The summed E-state index contributed by atoms with van der Waals surface area (Å²) in [7, 11) is 1.63. The Morgan fingerprint density at radius 1 is 1.10 bits per heavy atom. The number of benzene rings is 2. The van der Waals surface area contributed by atoms with Gasteiger partial charge in [-0.25, -0.2) is 4.39 Å². The van der Waals surface area contributed by atoms with Crippen LogP contribution in [0.3, 0.4) is 0 Å². The summed E-state index contributed by atoms with van der Waals surface area (Å²) in [5, 5.41) is 11.5. The van der Waals surface area contributed by atoms with Gasteiger partial charge >= 0.3 is 0 Å². The summed E-state index contributed by atoms with van der Waals surface area (Å²) in [4.78, 5) is 2.49. The van der Waals surface area contributed by atoms with Crippen molar-refractivity contribution in [3.8, 4) is 22.8 Å². The molecule has 2 N–H and O–H groups in total. The number of H-pyrrole nitrogens is 1. The van der Waals surface area contributed by atoms with Crippen molar-refractivity contribution in [1.82, 2.24) is 20.4 Å². The molecule has 1 aliphatic rings. The Hall–Kier alpha value is -2.64. The van der Waals surface area contributed by atoms with Crippen molar-refractivity contribution in [1.29, 1.82) is 0 Å². The molecule has 6 nitrogen and oxygen atoms in total. The fraction of sp³-hybridized carbons (Fsp3) is 0.409. The molecule has 1 fully saturated rings. The quantitative estimate of drug-likeness (QED) is 0.569. The molecule has 3 aromatic rings. The summed E-state index contributed by atoms with van der Waals surface area (Å²) in [6.07, 6.45) is 2.15. The molecule has 0 saturated carbocycles. The molecule has 1 saturated heterocycles. The van der Waals surface area contributed by atoms with Gasteiger partial charge in [0.25, 0.3) is 0 Å². The van der Waals surface area contributed by atoms with Crippen LogP contribution in [0.25, 0.3) is 22.2 Å². The van der Waals surface area contributed by atoms with E-state index in [1.807, 2.05) is 18.2 Å². The highest BCUT2D eigenvalue weighted by molar-refractivity contribution is 5.94. The third-order valence-corrected chi connectivity index (χ3v) is 5.30. The number of piperazine rings is 1. The van der Waals surface area contributed by atoms with E-state index >= 15 is 0 Å². The lowest BCUT2D eigenvalue weighted by Crippen LogP contribution is -2.43. The van der Waals surface area contributed by atoms with E-state index in [2.05, 4.69) is 20.4 Å². The fourth-order valence-electron chi connectivity index (χ4n) is 3.72. The van der Waals surface area contributed by atoms with E-state index in [-0.39, 0.29) is 5.82 Å². The third kappa shape index (κ3) is 4.68. The second-order valence-electron chi connectivity index (χ2n) is 7.27. The molecule has 0 bridgehead atoms. The highest BCUT2D eigenvalue weighted by atomic mass is 19.1. The lowest BCUT2D eigenvalue weighted by molar-refractivity contribution is 0.226. The molecule has 1 aromatic heterocycles.